The molecule has 2 amide bonds. The summed E-state index contributed by atoms with van der Waals surface area (Å²) in [5.74, 6) is -0.354. The molecule has 0 saturated heterocycles. The van der Waals surface area contributed by atoms with Crippen LogP contribution in [-0.2, 0) is 11.2 Å². The predicted octanol–water partition coefficient (Wildman–Crippen LogP) is 1.71. The molecule has 134 valence electrons. The molecule has 0 aliphatic carbocycles. The van der Waals surface area contributed by atoms with Crippen molar-refractivity contribution in [1.82, 2.24) is 24.5 Å². The number of hydrogen-bond acceptors (Lipinski definition) is 5. The van der Waals surface area contributed by atoms with Crippen LogP contribution in [0.4, 0.5) is 5.69 Å². The van der Waals surface area contributed by atoms with E-state index < -0.39 is 5.91 Å². The van der Waals surface area contributed by atoms with E-state index in [1.165, 1.54) is 9.42 Å². The number of anilines is 1. The molecule has 0 radical (unpaired) electrons. The zero-order valence-corrected chi connectivity index (χ0v) is 14.9. The van der Waals surface area contributed by atoms with Crippen LogP contribution in [0, 0.1) is 6.92 Å². The number of likely N-dealkylation sites (N-methyl/N-ethyl adjacent to an activating group) is 1. The number of benzene rings is 1. The lowest BCUT2D eigenvalue weighted by Gasteiger charge is -2.16. The van der Waals surface area contributed by atoms with Crippen molar-refractivity contribution in [2.75, 3.05) is 18.9 Å². The van der Waals surface area contributed by atoms with Crippen molar-refractivity contribution in [1.29, 1.82) is 0 Å². The number of nitrogens with one attached hydrogen (secondary N) is 1. The number of para-hydroxylation sites is 1. The summed E-state index contributed by atoms with van der Waals surface area (Å²) in [6.07, 6.45) is 2.42. The first-order chi connectivity index (χ1) is 12.5. The number of aromatic nitrogens is 4. The van der Waals surface area contributed by atoms with Crippen LogP contribution in [0.2, 0.25) is 0 Å². The molecule has 8 nitrogen and oxygen atoms in total. The topological polar surface area (TPSA) is 92.5 Å². The second-order valence-corrected chi connectivity index (χ2v) is 5.95. The maximum atomic E-state index is 12.5. The molecular formula is C18H20N6O2. The normalized spacial score (nSPS) is 10.7. The van der Waals surface area contributed by atoms with Gasteiger partial charge in [0.1, 0.15) is 0 Å². The Balaban J connectivity index is 1.70. The molecule has 8 heteroatoms. The molecule has 26 heavy (non-hydrogen) atoms. The number of nitrogens with zero attached hydrogens (tertiary/aromatic N) is 5. The minimum absolute atomic E-state index is 0.0102. The number of rotatable bonds is 5. The summed E-state index contributed by atoms with van der Waals surface area (Å²) in [7, 11) is 1.54. The highest BCUT2D eigenvalue weighted by atomic mass is 16.2. The standard InChI is InChI=1S/C18H20N6O2/c1-4-13-7-5-6-8-14(13)20-15(25)11-23(3)17(26)16-21-18-19-10-9-12(2)24(18)22-16/h5-10H,4,11H2,1-3H3,(H,20,25). The molecule has 0 spiro atoms. The highest BCUT2D eigenvalue weighted by molar-refractivity contribution is 5.98. The fraction of sp³-hybridized carbons (Fsp3) is 0.278. The summed E-state index contributed by atoms with van der Waals surface area (Å²) >= 11 is 0. The molecule has 1 N–H and O–H groups in total. The molecule has 0 aliphatic heterocycles. The van der Waals surface area contributed by atoms with Gasteiger partial charge in [0.2, 0.25) is 11.7 Å². The predicted molar refractivity (Wildman–Crippen MR) is 96.9 cm³/mol. The van der Waals surface area contributed by atoms with E-state index in [0.29, 0.717) is 5.78 Å². The van der Waals surface area contributed by atoms with Crippen LogP contribution in [0.3, 0.4) is 0 Å². The van der Waals surface area contributed by atoms with Crippen molar-refractivity contribution in [2.24, 2.45) is 0 Å². The fourth-order valence-corrected chi connectivity index (χ4v) is 2.60. The second kappa shape index (κ2) is 7.30. The second-order valence-electron chi connectivity index (χ2n) is 5.95. The molecule has 2 heterocycles. The highest BCUT2D eigenvalue weighted by Crippen LogP contribution is 2.15. The molecule has 0 atom stereocenters. The smallest absolute Gasteiger partial charge is 0.293 e. The number of amides is 2. The van der Waals surface area contributed by atoms with E-state index in [9.17, 15) is 9.59 Å². The molecule has 0 saturated carbocycles. The SMILES string of the molecule is CCc1ccccc1NC(=O)CN(C)C(=O)c1nc2nccc(C)n2n1. The third-order valence-corrected chi connectivity index (χ3v) is 4.02. The Labute approximate surface area is 150 Å². The zero-order valence-electron chi connectivity index (χ0n) is 14.9. The van der Waals surface area contributed by atoms with Crippen molar-refractivity contribution in [2.45, 2.75) is 20.3 Å². The first kappa shape index (κ1) is 17.5. The van der Waals surface area contributed by atoms with Crippen LogP contribution < -0.4 is 5.32 Å². The van der Waals surface area contributed by atoms with Crippen LogP contribution in [0.5, 0.6) is 0 Å². The third-order valence-electron chi connectivity index (χ3n) is 4.02. The molecule has 3 rings (SSSR count). The van der Waals surface area contributed by atoms with E-state index in [-0.39, 0.29) is 18.3 Å². The van der Waals surface area contributed by atoms with Crippen molar-refractivity contribution >= 4 is 23.3 Å². The Kier molecular flexibility index (Phi) is 4.92. The summed E-state index contributed by atoms with van der Waals surface area (Å²) in [6, 6.07) is 9.37. The largest absolute Gasteiger partial charge is 0.330 e. The van der Waals surface area contributed by atoms with Gasteiger partial charge in [-0.3, -0.25) is 9.59 Å². The van der Waals surface area contributed by atoms with E-state index in [4.69, 9.17) is 0 Å². The van der Waals surface area contributed by atoms with E-state index in [0.717, 1.165) is 23.4 Å². The van der Waals surface area contributed by atoms with E-state index in [1.54, 1.807) is 19.3 Å². The summed E-state index contributed by atoms with van der Waals surface area (Å²) in [5.41, 5.74) is 2.61. The van der Waals surface area contributed by atoms with Gasteiger partial charge in [-0.05, 0) is 31.0 Å². The molecule has 0 aliphatic rings. The Hall–Kier alpha value is -3.29. The van der Waals surface area contributed by atoms with Crippen molar-refractivity contribution in [3.8, 4) is 0 Å². The lowest BCUT2D eigenvalue weighted by Crippen LogP contribution is -2.35. The average Bonchev–Trinajstić information content (AvgIpc) is 3.07. The molecular weight excluding hydrogens is 332 g/mol. The van der Waals surface area contributed by atoms with Crippen molar-refractivity contribution in [3.63, 3.8) is 0 Å². The van der Waals surface area contributed by atoms with Gasteiger partial charge in [0.25, 0.3) is 11.7 Å². The summed E-state index contributed by atoms with van der Waals surface area (Å²) < 4.78 is 1.50. The van der Waals surface area contributed by atoms with Crippen LogP contribution >= 0.6 is 0 Å². The summed E-state index contributed by atoms with van der Waals surface area (Å²) in [5, 5.41) is 7.02. The van der Waals surface area contributed by atoms with Crippen LogP contribution in [0.1, 0.15) is 28.8 Å². The van der Waals surface area contributed by atoms with Crippen LogP contribution in [0.15, 0.2) is 36.5 Å². The van der Waals surface area contributed by atoms with Gasteiger partial charge < -0.3 is 10.2 Å². The van der Waals surface area contributed by atoms with Gasteiger partial charge in [-0.1, -0.05) is 25.1 Å². The van der Waals surface area contributed by atoms with E-state index in [1.807, 2.05) is 38.1 Å². The highest BCUT2D eigenvalue weighted by Gasteiger charge is 2.20. The maximum Gasteiger partial charge on any atom is 0.293 e. The monoisotopic (exact) mass is 352 g/mol. The molecule has 0 bridgehead atoms. The number of carbonyl (C=O) groups excluding carboxylic acids is 2. The van der Waals surface area contributed by atoms with Crippen LogP contribution in [0.25, 0.3) is 5.78 Å². The third kappa shape index (κ3) is 3.53. The summed E-state index contributed by atoms with van der Waals surface area (Å²) in [4.78, 5) is 34.3. The lowest BCUT2D eigenvalue weighted by molar-refractivity contribution is -0.116. The van der Waals surface area contributed by atoms with E-state index >= 15 is 0 Å². The molecule has 1 aromatic carbocycles. The summed E-state index contributed by atoms with van der Waals surface area (Å²) in [6.45, 7) is 3.77. The minimum Gasteiger partial charge on any atom is -0.330 e. The van der Waals surface area contributed by atoms with Gasteiger partial charge in [-0.15, -0.1) is 5.10 Å². The maximum absolute atomic E-state index is 12.5. The Morgan fingerprint density at radius 1 is 1.23 bits per heavy atom. The number of carbonyl (C=O) groups is 2. The zero-order chi connectivity index (χ0) is 18.7. The van der Waals surface area contributed by atoms with Gasteiger partial charge in [0.15, 0.2) is 0 Å². The molecule has 0 fully saturated rings. The van der Waals surface area contributed by atoms with Crippen LogP contribution in [-0.4, -0.2) is 49.9 Å². The minimum atomic E-state index is -0.436. The molecule has 3 aromatic rings. The van der Waals surface area contributed by atoms with Gasteiger partial charge >= 0.3 is 0 Å². The van der Waals surface area contributed by atoms with Crippen molar-refractivity contribution in [3.05, 3.63) is 53.6 Å². The quantitative estimate of drug-likeness (QED) is 0.754. The van der Waals surface area contributed by atoms with Gasteiger partial charge in [-0.2, -0.15) is 4.98 Å². The molecule has 2 aromatic heterocycles. The fourth-order valence-electron chi connectivity index (χ4n) is 2.60. The van der Waals surface area contributed by atoms with Gasteiger partial charge in [-0.25, -0.2) is 9.50 Å². The number of aryl methyl sites for hydroxylation is 2. The first-order valence-corrected chi connectivity index (χ1v) is 8.31. The number of hydrogen-bond donors (Lipinski definition) is 1. The number of fused-ring (bicyclic) bond motifs is 1. The average molecular weight is 352 g/mol. The van der Waals surface area contributed by atoms with Gasteiger partial charge in [0.05, 0.1) is 6.54 Å². The van der Waals surface area contributed by atoms with Gasteiger partial charge in [0, 0.05) is 24.6 Å². The first-order valence-electron chi connectivity index (χ1n) is 8.31. The Bertz CT molecular complexity index is 965. The van der Waals surface area contributed by atoms with Crippen molar-refractivity contribution < 1.29 is 9.59 Å². The lowest BCUT2D eigenvalue weighted by atomic mass is 10.1. The van der Waals surface area contributed by atoms with E-state index in [2.05, 4.69) is 20.4 Å². The molecule has 0 unspecified atom stereocenters. The Morgan fingerprint density at radius 2 is 2.00 bits per heavy atom. The Morgan fingerprint density at radius 3 is 2.73 bits per heavy atom.